The highest BCUT2D eigenvalue weighted by molar-refractivity contribution is 7.19. The van der Waals surface area contributed by atoms with Gasteiger partial charge in [0.2, 0.25) is 0 Å². The molecule has 2 rings (SSSR count). The van der Waals surface area contributed by atoms with Crippen molar-refractivity contribution in [2.24, 2.45) is 0 Å². The zero-order chi connectivity index (χ0) is 11.7. The first kappa shape index (κ1) is 11.3. The van der Waals surface area contributed by atoms with E-state index in [0.717, 1.165) is 21.4 Å². The summed E-state index contributed by atoms with van der Waals surface area (Å²) in [6.45, 7) is 3.79. The van der Waals surface area contributed by atoms with Crippen molar-refractivity contribution < 1.29 is 0 Å². The molecule has 0 spiro atoms. The van der Waals surface area contributed by atoms with Gasteiger partial charge in [-0.25, -0.2) is 15.0 Å². The summed E-state index contributed by atoms with van der Waals surface area (Å²) in [5.74, 6) is 0.707. The Hall–Kier alpha value is -1.20. The van der Waals surface area contributed by atoms with Crippen LogP contribution < -0.4 is 5.32 Å². The molecule has 16 heavy (non-hydrogen) atoms. The predicted molar refractivity (Wildman–Crippen MR) is 67.2 cm³/mol. The Bertz CT molecular complexity index is 524. The minimum Gasteiger partial charge on any atom is -0.365 e. The molecule has 0 unspecified atom stereocenters. The van der Waals surface area contributed by atoms with E-state index in [9.17, 15) is 0 Å². The van der Waals surface area contributed by atoms with Gasteiger partial charge < -0.3 is 5.32 Å². The number of thiazole rings is 1. The standard InChI is InChI=1S/C10H11ClN4S/c1-5-9(16-10(12-3)14-5)8-7(11)4-13-6(2)15-8/h4H,1-3H3,(H,12,14). The third kappa shape index (κ3) is 2.01. The van der Waals surface area contributed by atoms with Crippen LogP contribution >= 0.6 is 22.9 Å². The van der Waals surface area contributed by atoms with Gasteiger partial charge in [-0.1, -0.05) is 22.9 Å². The fourth-order valence-electron chi connectivity index (χ4n) is 1.34. The number of rotatable bonds is 2. The maximum Gasteiger partial charge on any atom is 0.183 e. The van der Waals surface area contributed by atoms with Gasteiger partial charge in [-0.2, -0.15) is 0 Å². The van der Waals surface area contributed by atoms with E-state index in [-0.39, 0.29) is 0 Å². The van der Waals surface area contributed by atoms with Crippen LogP contribution in [-0.4, -0.2) is 22.0 Å². The van der Waals surface area contributed by atoms with E-state index in [0.29, 0.717) is 10.8 Å². The van der Waals surface area contributed by atoms with Crippen LogP contribution in [-0.2, 0) is 0 Å². The number of nitrogens with one attached hydrogen (secondary N) is 1. The molecule has 6 heteroatoms. The van der Waals surface area contributed by atoms with Gasteiger partial charge in [-0.3, -0.25) is 0 Å². The molecule has 0 aliphatic heterocycles. The number of hydrogen-bond acceptors (Lipinski definition) is 5. The first-order valence-corrected chi connectivity index (χ1v) is 5.96. The normalized spacial score (nSPS) is 10.5. The second-order valence-electron chi connectivity index (χ2n) is 3.30. The second-order valence-corrected chi connectivity index (χ2v) is 4.70. The minimum atomic E-state index is 0.556. The highest BCUT2D eigenvalue weighted by Crippen LogP contribution is 2.34. The van der Waals surface area contributed by atoms with Gasteiger partial charge in [-0.05, 0) is 13.8 Å². The molecule has 2 heterocycles. The molecule has 0 radical (unpaired) electrons. The lowest BCUT2D eigenvalue weighted by Gasteiger charge is -2.01. The molecule has 84 valence electrons. The maximum atomic E-state index is 6.09. The third-order valence-electron chi connectivity index (χ3n) is 2.09. The molecule has 0 saturated heterocycles. The lowest BCUT2D eigenvalue weighted by molar-refractivity contribution is 1.06. The average molecular weight is 255 g/mol. The zero-order valence-electron chi connectivity index (χ0n) is 9.21. The van der Waals surface area contributed by atoms with E-state index in [1.54, 1.807) is 6.20 Å². The lowest BCUT2D eigenvalue weighted by Crippen LogP contribution is -1.91. The number of hydrogen-bond donors (Lipinski definition) is 1. The van der Waals surface area contributed by atoms with Crippen LogP contribution in [0.15, 0.2) is 6.20 Å². The number of nitrogens with zero attached hydrogens (tertiary/aromatic N) is 3. The first-order valence-electron chi connectivity index (χ1n) is 4.76. The molecule has 2 aromatic rings. The summed E-state index contributed by atoms with van der Waals surface area (Å²) < 4.78 is 0. The highest BCUT2D eigenvalue weighted by atomic mass is 35.5. The van der Waals surface area contributed by atoms with Gasteiger partial charge in [0.25, 0.3) is 0 Å². The third-order valence-corrected chi connectivity index (χ3v) is 3.55. The van der Waals surface area contributed by atoms with Crippen molar-refractivity contribution in [3.8, 4) is 10.6 Å². The van der Waals surface area contributed by atoms with Crippen molar-refractivity contribution >= 4 is 28.1 Å². The molecule has 0 fully saturated rings. The van der Waals surface area contributed by atoms with Crippen LogP contribution in [0.3, 0.4) is 0 Å². The van der Waals surface area contributed by atoms with Gasteiger partial charge in [0.15, 0.2) is 5.13 Å². The summed E-state index contributed by atoms with van der Waals surface area (Å²) in [7, 11) is 1.84. The molecule has 1 N–H and O–H groups in total. The Morgan fingerprint density at radius 3 is 2.69 bits per heavy atom. The summed E-state index contributed by atoms with van der Waals surface area (Å²) in [6.07, 6.45) is 1.62. The molecule has 0 aliphatic carbocycles. The Labute approximate surface area is 103 Å². The second kappa shape index (κ2) is 4.35. The SMILES string of the molecule is CNc1nc(C)c(-c2nc(C)ncc2Cl)s1. The van der Waals surface area contributed by atoms with Gasteiger partial charge in [0, 0.05) is 13.2 Å². The topological polar surface area (TPSA) is 50.7 Å². The molecule has 0 amide bonds. The average Bonchev–Trinajstić information content (AvgIpc) is 2.63. The number of aryl methyl sites for hydroxylation is 2. The fourth-order valence-corrected chi connectivity index (χ4v) is 2.50. The Morgan fingerprint density at radius 2 is 2.06 bits per heavy atom. The van der Waals surface area contributed by atoms with Gasteiger partial charge >= 0.3 is 0 Å². The van der Waals surface area contributed by atoms with Crippen LogP contribution in [0.25, 0.3) is 10.6 Å². The molecule has 0 aromatic carbocycles. The number of halogens is 1. The van der Waals surface area contributed by atoms with Crippen LogP contribution in [0, 0.1) is 13.8 Å². The maximum absolute atomic E-state index is 6.09. The Kier molecular flexibility index (Phi) is 3.07. The molecule has 4 nitrogen and oxygen atoms in total. The predicted octanol–water partition coefficient (Wildman–Crippen LogP) is 2.91. The molecule has 0 saturated carbocycles. The van der Waals surface area contributed by atoms with Crippen molar-refractivity contribution in [1.29, 1.82) is 0 Å². The van der Waals surface area contributed by atoms with Gasteiger partial charge in [-0.15, -0.1) is 0 Å². The van der Waals surface area contributed by atoms with E-state index in [4.69, 9.17) is 11.6 Å². The van der Waals surface area contributed by atoms with E-state index >= 15 is 0 Å². The largest absolute Gasteiger partial charge is 0.365 e. The van der Waals surface area contributed by atoms with Crippen molar-refractivity contribution in [2.75, 3.05) is 12.4 Å². The first-order chi connectivity index (χ1) is 7.61. The summed E-state index contributed by atoms with van der Waals surface area (Å²) in [4.78, 5) is 13.7. The quantitative estimate of drug-likeness (QED) is 0.895. The van der Waals surface area contributed by atoms with E-state index in [2.05, 4.69) is 20.3 Å². The van der Waals surface area contributed by atoms with Crippen molar-refractivity contribution in [2.45, 2.75) is 13.8 Å². The smallest absolute Gasteiger partial charge is 0.183 e. The summed E-state index contributed by atoms with van der Waals surface area (Å²) in [5, 5.41) is 4.43. The highest BCUT2D eigenvalue weighted by Gasteiger charge is 2.14. The molecular weight excluding hydrogens is 244 g/mol. The summed E-state index contributed by atoms with van der Waals surface area (Å²) >= 11 is 7.63. The number of aromatic nitrogens is 3. The zero-order valence-corrected chi connectivity index (χ0v) is 10.8. The summed E-state index contributed by atoms with van der Waals surface area (Å²) in [5.41, 5.74) is 1.68. The van der Waals surface area contributed by atoms with Crippen LogP contribution in [0.4, 0.5) is 5.13 Å². The van der Waals surface area contributed by atoms with E-state index < -0.39 is 0 Å². The lowest BCUT2D eigenvalue weighted by atomic mass is 10.3. The number of anilines is 1. The van der Waals surface area contributed by atoms with Crippen molar-refractivity contribution in [3.63, 3.8) is 0 Å². The minimum absolute atomic E-state index is 0.556. The Morgan fingerprint density at radius 1 is 1.31 bits per heavy atom. The van der Waals surface area contributed by atoms with Crippen molar-refractivity contribution in [1.82, 2.24) is 15.0 Å². The fraction of sp³-hybridized carbons (Fsp3) is 0.300. The van der Waals surface area contributed by atoms with Crippen LogP contribution in [0.5, 0.6) is 0 Å². The molecule has 0 bridgehead atoms. The molecule has 0 aliphatic rings. The van der Waals surface area contributed by atoms with Crippen molar-refractivity contribution in [3.05, 3.63) is 22.7 Å². The molecular formula is C10H11ClN4S. The van der Waals surface area contributed by atoms with E-state index in [1.807, 2.05) is 20.9 Å². The monoisotopic (exact) mass is 254 g/mol. The Balaban J connectivity index is 2.57. The van der Waals surface area contributed by atoms with E-state index in [1.165, 1.54) is 11.3 Å². The van der Waals surface area contributed by atoms with Gasteiger partial charge in [0.05, 0.1) is 15.6 Å². The summed E-state index contributed by atoms with van der Waals surface area (Å²) in [6, 6.07) is 0. The van der Waals surface area contributed by atoms with Gasteiger partial charge in [0.1, 0.15) is 11.5 Å². The van der Waals surface area contributed by atoms with Crippen LogP contribution in [0.1, 0.15) is 11.5 Å². The van der Waals surface area contributed by atoms with Crippen LogP contribution in [0.2, 0.25) is 5.02 Å². The molecule has 0 atom stereocenters. The molecule has 2 aromatic heterocycles.